The zero-order chi connectivity index (χ0) is 15.7. The molecule has 22 heavy (non-hydrogen) atoms. The van der Waals surface area contributed by atoms with Crippen molar-refractivity contribution in [3.05, 3.63) is 64.7 Å². The minimum absolute atomic E-state index is 0.135. The Hall–Kier alpha value is -2.33. The number of carbonyl (C=O) groups is 1. The highest BCUT2D eigenvalue weighted by Gasteiger charge is 2.32. The highest BCUT2D eigenvalue weighted by molar-refractivity contribution is 6.36. The molecule has 0 aromatic heterocycles. The van der Waals surface area contributed by atoms with E-state index in [0.717, 1.165) is 16.8 Å². The third kappa shape index (κ3) is 2.70. The predicted octanol–water partition coefficient (Wildman–Crippen LogP) is 4.04. The fourth-order valence-corrected chi connectivity index (χ4v) is 2.79. The fourth-order valence-electron chi connectivity index (χ4n) is 2.63. The molecule has 2 aromatic rings. The first-order valence-electron chi connectivity index (χ1n) is 6.97. The van der Waals surface area contributed by atoms with Gasteiger partial charge in [0.2, 0.25) is 0 Å². The van der Waals surface area contributed by atoms with Crippen LogP contribution in [0, 0.1) is 6.92 Å². The number of hydrazone groups is 1. The first-order valence-corrected chi connectivity index (χ1v) is 7.35. The Labute approximate surface area is 133 Å². The molecule has 1 atom stereocenters. The monoisotopic (exact) mass is 314 g/mol. The SMILES string of the molecule is Cc1ccc(Cl)cc1N1N=C(C(=O)O)C[C@H]1c1ccccc1. The Morgan fingerprint density at radius 3 is 2.68 bits per heavy atom. The summed E-state index contributed by atoms with van der Waals surface area (Å²) < 4.78 is 0. The number of carboxylic acid groups (broad SMARTS) is 1. The number of benzene rings is 2. The number of anilines is 1. The average molecular weight is 315 g/mol. The molecule has 1 heterocycles. The first-order chi connectivity index (χ1) is 10.6. The van der Waals surface area contributed by atoms with Crippen LogP contribution in [0.3, 0.4) is 0 Å². The van der Waals surface area contributed by atoms with Gasteiger partial charge in [-0.25, -0.2) is 4.79 Å². The van der Waals surface area contributed by atoms with E-state index in [1.807, 2.05) is 55.5 Å². The number of nitrogens with zero attached hydrogens (tertiary/aromatic N) is 2. The van der Waals surface area contributed by atoms with Gasteiger partial charge in [0, 0.05) is 11.4 Å². The van der Waals surface area contributed by atoms with E-state index in [1.165, 1.54) is 0 Å². The van der Waals surface area contributed by atoms with Gasteiger partial charge in [-0.2, -0.15) is 5.10 Å². The van der Waals surface area contributed by atoms with Gasteiger partial charge in [0.25, 0.3) is 0 Å². The van der Waals surface area contributed by atoms with Crippen molar-refractivity contribution in [3.8, 4) is 0 Å². The van der Waals surface area contributed by atoms with Crippen molar-refractivity contribution < 1.29 is 9.90 Å². The quantitative estimate of drug-likeness (QED) is 0.930. The minimum atomic E-state index is -0.983. The molecule has 0 bridgehead atoms. The van der Waals surface area contributed by atoms with Crippen molar-refractivity contribution >= 4 is 29.0 Å². The molecule has 0 radical (unpaired) electrons. The van der Waals surface area contributed by atoms with Crippen molar-refractivity contribution in [3.63, 3.8) is 0 Å². The van der Waals surface area contributed by atoms with Crippen LogP contribution < -0.4 is 5.01 Å². The molecular weight excluding hydrogens is 300 g/mol. The molecule has 3 rings (SSSR count). The Morgan fingerprint density at radius 1 is 1.27 bits per heavy atom. The molecule has 2 aromatic carbocycles. The summed E-state index contributed by atoms with van der Waals surface area (Å²) in [7, 11) is 0. The summed E-state index contributed by atoms with van der Waals surface area (Å²) in [6, 6.07) is 15.2. The number of aliphatic carboxylic acids is 1. The lowest BCUT2D eigenvalue weighted by atomic mass is 10.0. The molecule has 0 saturated carbocycles. The van der Waals surface area contributed by atoms with E-state index < -0.39 is 5.97 Å². The van der Waals surface area contributed by atoms with Crippen LogP contribution in [0.1, 0.15) is 23.6 Å². The van der Waals surface area contributed by atoms with E-state index in [9.17, 15) is 9.90 Å². The molecule has 1 aliphatic rings. The topological polar surface area (TPSA) is 52.9 Å². The van der Waals surface area contributed by atoms with E-state index in [1.54, 1.807) is 5.01 Å². The van der Waals surface area contributed by atoms with Gasteiger partial charge in [0.1, 0.15) is 5.71 Å². The van der Waals surface area contributed by atoms with Crippen molar-refractivity contribution in [2.75, 3.05) is 5.01 Å². The van der Waals surface area contributed by atoms with Gasteiger partial charge in [-0.05, 0) is 30.2 Å². The highest BCUT2D eigenvalue weighted by Crippen LogP contribution is 2.37. The van der Waals surface area contributed by atoms with Crippen LogP contribution in [0.4, 0.5) is 5.69 Å². The molecule has 0 spiro atoms. The van der Waals surface area contributed by atoms with Crippen LogP contribution in [-0.4, -0.2) is 16.8 Å². The van der Waals surface area contributed by atoms with Gasteiger partial charge in [0.05, 0.1) is 11.7 Å². The molecule has 0 amide bonds. The lowest BCUT2D eigenvalue weighted by Gasteiger charge is -2.25. The summed E-state index contributed by atoms with van der Waals surface area (Å²) >= 11 is 6.10. The third-order valence-electron chi connectivity index (χ3n) is 3.76. The molecule has 112 valence electrons. The average Bonchev–Trinajstić information content (AvgIpc) is 2.96. The number of aryl methyl sites for hydroxylation is 1. The second-order valence-corrected chi connectivity index (χ2v) is 5.69. The molecule has 1 aliphatic heterocycles. The molecule has 1 N–H and O–H groups in total. The molecule has 0 fully saturated rings. The highest BCUT2D eigenvalue weighted by atomic mass is 35.5. The van der Waals surface area contributed by atoms with Crippen LogP contribution in [0.2, 0.25) is 5.02 Å². The Kier molecular flexibility index (Phi) is 3.86. The van der Waals surface area contributed by atoms with Crippen molar-refractivity contribution in [1.29, 1.82) is 0 Å². The largest absolute Gasteiger partial charge is 0.477 e. The molecule has 4 nitrogen and oxygen atoms in total. The number of rotatable bonds is 3. The summed E-state index contributed by atoms with van der Waals surface area (Å²) in [5.41, 5.74) is 3.02. The number of carboxylic acids is 1. The van der Waals surface area contributed by atoms with Gasteiger partial charge >= 0.3 is 5.97 Å². The van der Waals surface area contributed by atoms with Crippen molar-refractivity contribution in [2.45, 2.75) is 19.4 Å². The summed E-state index contributed by atoms with van der Waals surface area (Å²) in [6.45, 7) is 1.96. The second-order valence-electron chi connectivity index (χ2n) is 5.26. The van der Waals surface area contributed by atoms with Crippen LogP contribution in [-0.2, 0) is 4.79 Å². The maximum absolute atomic E-state index is 11.3. The van der Waals surface area contributed by atoms with Gasteiger partial charge < -0.3 is 5.11 Å². The van der Waals surface area contributed by atoms with Gasteiger partial charge in [0.15, 0.2) is 0 Å². The maximum atomic E-state index is 11.3. The summed E-state index contributed by atoms with van der Waals surface area (Å²) in [5, 5.41) is 16.0. The second kappa shape index (κ2) is 5.81. The van der Waals surface area contributed by atoms with Crippen molar-refractivity contribution in [1.82, 2.24) is 0 Å². The molecular formula is C17H15ClN2O2. The lowest BCUT2D eigenvalue weighted by molar-refractivity contribution is -0.129. The van der Waals surface area contributed by atoms with Crippen LogP contribution >= 0.6 is 11.6 Å². The standard InChI is InChI=1S/C17H15ClN2O2/c1-11-7-8-13(18)9-15(11)20-16(10-14(19-20)17(21)22)12-5-3-2-4-6-12/h2-9,16H,10H2,1H3,(H,21,22)/t16-/m0/s1. The molecule has 0 saturated heterocycles. The smallest absolute Gasteiger partial charge is 0.352 e. The zero-order valence-corrected chi connectivity index (χ0v) is 12.8. The van der Waals surface area contributed by atoms with E-state index in [4.69, 9.17) is 11.6 Å². The zero-order valence-electron chi connectivity index (χ0n) is 12.0. The molecule has 5 heteroatoms. The van der Waals surface area contributed by atoms with E-state index in [2.05, 4.69) is 5.10 Å². The normalized spacial score (nSPS) is 17.5. The number of hydrogen-bond acceptors (Lipinski definition) is 3. The van der Waals surface area contributed by atoms with Gasteiger partial charge in [-0.3, -0.25) is 5.01 Å². The Morgan fingerprint density at radius 2 is 2.00 bits per heavy atom. The Balaban J connectivity index is 2.07. The van der Waals surface area contributed by atoms with Crippen LogP contribution in [0.5, 0.6) is 0 Å². The van der Waals surface area contributed by atoms with Crippen LogP contribution in [0.15, 0.2) is 53.6 Å². The number of hydrogen-bond donors (Lipinski definition) is 1. The van der Waals surface area contributed by atoms with E-state index in [-0.39, 0.29) is 11.8 Å². The third-order valence-corrected chi connectivity index (χ3v) is 3.99. The van der Waals surface area contributed by atoms with Crippen molar-refractivity contribution in [2.24, 2.45) is 5.10 Å². The summed E-state index contributed by atoms with van der Waals surface area (Å²) in [6.07, 6.45) is 0.366. The van der Waals surface area contributed by atoms with Gasteiger partial charge in [-0.15, -0.1) is 0 Å². The van der Waals surface area contributed by atoms with Crippen LogP contribution in [0.25, 0.3) is 0 Å². The Bertz CT molecular complexity index is 744. The lowest BCUT2D eigenvalue weighted by Crippen LogP contribution is -2.19. The molecule has 0 unspecified atom stereocenters. The van der Waals surface area contributed by atoms with E-state index in [0.29, 0.717) is 11.4 Å². The number of halogens is 1. The predicted molar refractivity (Wildman–Crippen MR) is 87.5 cm³/mol. The van der Waals surface area contributed by atoms with E-state index >= 15 is 0 Å². The van der Waals surface area contributed by atoms with Gasteiger partial charge in [-0.1, -0.05) is 48.0 Å². The first kappa shape index (κ1) is 14.6. The maximum Gasteiger partial charge on any atom is 0.352 e. The minimum Gasteiger partial charge on any atom is -0.477 e. The summed E-state index contributed by atoms with van der Waals surface area (Å²) in [4.78, 5) is 11.3. The summed E-state index contributed by atoms with van der Waals surface area (Å²) in [5.74, 6) is -0.983. The molecule has 0 aliphatic carbocycles. The fraction of sp³-hybridized carbons (Fsp3) is 0.176.